The maximum absolute atomic E-state index is 13.2. The lowest BCUT2D eigenvalue weighted by Crippen LogP contribution is -2.42. The molecule has 1 fully saturated rings. The van der Waals surface area contributed by atoms with Gasteiger partial charge in [-0.05, 0) is 61.7 Å². The molecule has 1 amide bonds. The number of rotatable bonds is 11. The first-order valence-electron chi connectivity index (χ1n) is 12.7. The number of hydrogen-bond donors (Lipinski definition) is 2. The molecule has 2 aromatic heterocycles. The molecule has 0 radical (unpaired) electrons. The predicted molar refractivity (Wildman–Crippen MR) is 155 cm³/mol. The van der Waals surface area contributed by atoms with E-state index in [2.05, 4.69) is 10.2 Å². The molecule has 0 bridgehead atoms. The Hall–Kier alpha value is -2.96. The average Bonchev–Trinajstić information content (AvgIpc) is 3.69. The monoisotopic (exact) mass is 606 g/mol. The predicted octanol–water partition coefficient (Wildman–Crippen LogP) is 5.55. The van der Waals surface area contributed by atoms with E-state index in [1.165, 1.54) is 41.9 Å². The highest BCUT2D eigenvalue weighted by Gasteiger charge is 2.45. The summed E-state index contributed by atoms with van der Waals surface area (Å²) in [4.78, 5) is 39.8. The van der Waals surface area contributed by atoms with Gasteiger partial charge in [-0.15, -0.1) is 22.7 Å². The van der Waals surface area contributed by atoms with Gasteiger partial charge in [0.2, 0.25) is 5.60 Å². The molecule has 214 valence electrons. The highest BCUT2D eigenvalue weighted by Crippen LogP contribution is 2.38. The van der Waals surface area contributed by atoms with E-state index in [0.717, 1.165) is 12.8 Å². The highest BCUT2D eigenvalue weighted by atomic mass is 35.5. The van der Waals surface area contributed by atoms with Crippen molar-refractivity contribution in [2.24, 2.45) is 0 Å². The quantitative estimate of drug-likeness (QED) is 0.216. The Morgan fingerprint density at radius 2 is 1.80 bits per heavy atom. The summed E-state index contributed by atoms with van der Waals surface area (Å²) in [5.41, 5.74) is -1.25. The number of ether oxygens (including phenoxy) is 3. The fourth-order valence-corrected chi connectivity index (χ4v) is 6.61. The van der Waals surface area contributed by atoms with Crippen LogP contribution in [-0.2, 0) is 19.9 Å². The number of hydrogen-bond acceptors (Lipinski definition) is 10. The number of thiophene rings is 2. The summed E-state index contributed by atoms with van der Waals surface area (Å²) >= 11 is 8.79. The molecule has 0 atom stereocenters. The van der Waals surface area contributed by atoms with Gasteiger partial charge in [0.15, 0.2) is 6.29 Å². The Balaban J connectivity index is 1.23. The van der Waals surface area contributed by atoms with Crippen molar-refractivity contribution in [3.05, 3.63) is 67.5 Å². The van der Waals surface area contributed by atoms with Crippen molar-refractivity contribution in [2.75, 3.05) is 32.6 Å². The number of esters is 1. The number of aldehydes is 1. The summed E-state index contributed by atoms with van der Waals surface area (Å²) in [5, 5.41) is 17.9. The molecule has 12 heteroatoms. The van der Waals surface area contributed by atoms with Gasteiger partial charge in [-0.25, -0.2) is 9.59 Å². The number of benzene rings is 1. The molecule has 1 aromatic carbocycles. The van der Waals surface area contributed by atoms with E-state index >= 15 is 0 Å². The van der Waals surface area contributed by atoms with Crippen molar-refractivity contribution in [1.29, 1.82) is 0 Å². The standard InChI is InChI=1S/C28H31ClN2O7S2/c1-31(11-12-37-27(34)30-22-16-23(36-2)18(17-32)15-21(22)29)19-7-9-20(10-8-19)38-26(33)28(35,24-5-3-13-39-24)25-6-4-14-40-25/h3-6,13-17,19-20,35H,7-12H2,1-2H3,(H,30,34). The number of aliphatic hydroxyl groups is 1. The SMILES string of the molecule is COc1cc(NC(=O)OCCN(C)C2CCC(OC(=O)C(O)(c3cccs3)c3cccs3)CC2)c(Cl)cc1C=O. The minimum absolute atomic E-state index is 0.160. The second-order valence-corrected chi connectivity index (χ2v) is 11.7. The van der Waals surface area contributed by atoms with Gasteiger partial charge in [0.05, 0.1) is 33.1 Å². The van der Waals surface area contributed by atoms with E-state index in [4.69, 9.17) is 25.8 Å². The lowest BCUT2D eigenvalue weighted by atomic mass is 9.91. The van der Waals surface area contributed by atoms with E-state index in [9.17, 15) is 19.5 Å². The molecule has 2 heterocycles. The Morgan fingerprint density at radius 3 is 2.35 bits per heavy atom. The molecular weight excluding hydrogens is 576 g/mol. The number of carbonyl (C=O) groups is 3. The van der Waals surface area contributed by atoms with E-state index < -0.39 is 17.7 Å². The molecule has 1 aliphatic rings. The van der Waals surface area contributed by atoms with Gasteiger partial charge in [-0.1, -0.05) is 23.7 Å². The third kappa shape index (κ3) is 6.84. The Kier molecular flexibility index (Phi) is 10.2. The molecule has 1 aliphatic carbocycles. The maximum Gasteiger partial charge on any atom is 0.411 e. The van der Waals surface area contributed by atoms with Crippen LogP contribution in [0.2, 0.25) is 5.02 Å². The number of nitrogens with one attached hydrogen (secondary N) is 1. The molecule has 0 aliphatic heterocycles. The molecule has 3 aromatic rings. The van der Waals surface area contributed by atoms with Gasteiger partial charge in [-0.3, -0.25) is 10.1 Å². The minimum Gasteiger partial charge on any atom is -0.496 e. The van der Waals surface area contributed by atoms with Crippen LogP contribution in [0.25, 0.3) is 0 Å². The highest BCUT2D eigenvalue weighted by molar-refractivity contribution is 7.12. The van der Waals surface area contributed by atoms with Crippen molar-refractivity contribution >= 4 is 58.3 Å². The van der Waals surface area contributed by atoms with Gasteiger partial charge in [0.1, 0.15) is 18.5 Å². The number of nitrogens with zero attached hydrogens (tertiary/aromatic N) is 1. The lowest BCUT2D eigenvalue weighted by Gasteiger charge is -2.35. The van der Waals surface area contributed by atoms with E-state index in [-0.39, 0.29) is 35.0 Å². The summed E-state index contributed by atoms with van der Waals surface area (Å²) < 4.78 is 16.3. The Labute approximate surface area is 245 Å². The molecule has 4 rings (SSSR count). The van der Waals surface area contributed by atoms with E-state index in [1.54, 1.807) is 24.3 Å². The smallest absolute Gasteiger partial charge is 0.411 e. The summed E-state index contributed by atoms with van der Waals surface area (Å²) in [6.07, 6.45) is 2.61. The first kappa shape index (κ1) is 30.0. The molecule has 1 saturated carbocycles. The first-order valence-corrected chi connectivity index (χ1v) is 14.9. The minimum atomic E-state index is -1.81. The van der Waals surface area contributed by atoms with Crippen LogP contribution in [0.5, 0.6) is 5.75 Å². The van der Waals surface area contributed by atoms with Crippen LogP contribution < -0.4 is 10.1 Å². The number of carbonyl (C=O) groups excluding carboxylic acids is 3. The van der Waals surface area contributed by atoms with Gasteiger partial charge >= 0.3 is 12.1 Å². The molecule has 0 saturated heterocycles. The number of methoxy groups -OCH3 is 1. The van der Waals surface area contributed by atoms with Crippen LogP contribution in [0, 0.1) is 0 Å². The van der Waals surface area contributed by atoms with Crippen LogP contribution in [0.4, 0.5) is 10.5 Å². The summed E-state index contributed by atoms with van der Waals surface area (Å²) in [5.74, 6) is -0.356. The van der Waals surface area contributed by atoms with E-state index in [1.807, 2.05) is 17.8 Å². The van der Waals surface area contributed by atoms with Crippen LogP contribution in [0.15, 0.2) is 47.2 Å². The lowest BCUT2D eigenvalue weighted by molar-refractivity contribution is -0.169. The topological polar surface area (TPSA) is 114 Å². The fourth-order valence-electron chi connectivity index (χ4n) is 4.68. The second kappa shape index (κ2) is 13.6. The van der Waals surface area contributed by atoms with Crippen LogP contribution in [0.3, 0.4) is 0 Å². The van der Waals surface area contributed by atoms with Gasteiger partial charge < -0.3 is 24.2 Å². The molecule has 2 N–H and O–H groups in total. The average molecular weight is 607 g/mol. The summed E-state index contributed by atoms with van der Waals surface area (Å²) in [7, 11) is 3.38. The first-order chi connectivity index (χ1) is 19.3. The molecule has 0 spiro atoms. The number of likely N-dealkylation sites (N-methyl/N-ethyl adjacent to an activating group) is 1. The maximum atomic E-state index is 13.2. The summed E-state index contributed by atoms with van der Waals surface area (Å²) in [6, 6.07) is 10.2. The second-order valence-electron chi connectivity index (χ2n) is 9.43. The third-order valence-corrected chi connectivity index (χ3v) is 9.22. The number of anilines is 1. The van der Waals surface area contributed by atoms with Crippen LogP contribution >= 0.6 is 34.3 Å². The molecule has 0 unspecified atom stereocenters. The zero-order valence-corrected chi connectivity index (χ0v) is 24.5. The van der Waals surface area contributed by atoms with Crippen molar-refractivity contribution in [2.45, 2.75) is 43.4 Å². The van der Waals surface area contributed by atoms with Gasteiger partial charge in [0.25, 0.3) is 0 Å². The third-order valence-electron chi connectivity index (χ3n) is 6.95. The fraction of sp³-hybridized carbons (Fsp3) is 0.393. The zero-order valence-electron chi connectivity index (χ0n) is 22.1. The van der Waals surface area contributed by atoms with Gasteiger partial charge in [0, 0.05) is 18.7 Å². The summed E-state index contributed by atoms with van der Waals surface area (Å²) in [6.45, 7) is 0.674. The Morgan fingerprint density at radius 1 is 1.15 bits per heavy atom. The van der Waals surface area contributed by atoms with Crippen molar-refractivity contribution in [3.63, 3.8) is 0 Å². The zero-order chi connectivity index (χ0) is 28.7. The van der Waals surface area contributed by atoms with Crippen LogP contribution in [-0.4, -0.2) is 67.8 Å². The van der Waals surface area contributed by atoms with Crippen molar-refractivity contribution in [3.8, 4) is 5.75 Å². The number of halogens is 1. The Bertz CT molecular complexity index is 1260. The normalized spacial score (nSPS) is 17.3. The van der Waals surface area contributed by atoms with Crippen molar-refractivity contribution in [1.82, 2.24) is 4.90 Å². The molecular formula is C28H31ClN2O7S2. The van der Waals surface area contributed by atoms with Crippen molar-refractivity contribution < 1.29 is 33.7 Å². The van der Waals surface area contributed by atoms with Gasteiger partial charge in [-0.2, -0.15) is 0 Å². The van der Waals surface area contributed by atoms with E-state index in [0.29, 0.717) is 41.2 Å². The molecule has 9 nitrogen and oxygen atoms in total. The largest absolute Gasteiger partial charge is 0.496 e. The van der Waals surface area contributed by atoms with Crippen LogP contribution in [0.1, 0.15) is 45.8 Å². The number of amides is 1. The molecule has 40 heavy (non-hydrogen) atoms.